The SMILES string of the molecule is COC(=O)CC(C)NC(=O)Cc1coc2cc3c(cc12)CCC3. The number of carbonyl (C=O) groups excluding carboxylic acids is 2. The predicted octanol–water partition coefficient (Wildman–Crippen LogP) is 2.53. The number of nitrogens with one attached hydrogen (secondary N) is 1. The fourth-order valence-corrected chi connectivity index (χ4v) is 3.17. The second kappa shape index (κ2) is 6.44. The molecule has 5 nitrogen and oxygen atoms in total. The Balaban J connectivity index is 1.69. The second-order valence-electron chi connectivity index (χ2n) is 6.16. The third-order valence-electron chi connectivity index (χ3n) is 4.33. The summed E-state index contributed by atoms with van der Waals surface area (Å²) in [6.45, 7) is 1.79. The molecule has 23 heavy (non-hydrogen) atoms. The van der Waals surface area contributed by atoms with Crippen LogP contribution in [-0.2, 0) is 33.6 Å². The summed E-state index contributed by atoms with van der Waals surface area (Å²) in [5.74, 6) is -0.452. The van der Waals surface area contributed by atoms with Gasteiger partial charge in [-0.1, -0.05) is 0 Å². The number of methoxy groups -OCH3 is 1. The van der Waals surface area contributed by atoms with Gasteiger partial charge in [-0.05, 0) is 49.4 Å². The van der Waals surface area contributed by atoms with Gasteiger partial charge in [-0.15, -0.1) is 0 Å². The maximum absolute atomic E-state index is 12.2. The monoisotopic (exact) mass is 315 g/mol. The summed E-state index contributed by atoms with van der Waals surface area (Å²) in [6, 6.07) is 4.00. The molecule has 5 heteroatoms. The molecule has 1 aliphatic carbocycles. The lowest BCUT2D eigenvalue weighted by Gasteiger charge is -2.12. The van der Waals surface area contributed by atoms with E-state index in [2.05, 4.69) is 22.2 Å². The minimum absolute atomic E-state index is 0.121. The number of ether oxygens (including phenoxy) is 1. The molecule has 1 unspecified atom stereocenters. The van der Waals surface area contributed by atoms with Crippen molar-refractivity contribution >= 4 is 22.8 Å². The molecule has 122 valence electrons. The fourth-order valence-electron chi connectivity index (χ4n) is 3.17. The van der Waals surface area contributed by atoms with E-state index in [1.165, 1.54) is 24.7 Å². The van der Waals surface area contributed by atoms with Gasteiger partial charge in [-0.3, -0.25) is 9.59 Å². The molecule has 3 rings (SSSR count). The summed E-state index contributed by atoms with van der Waals surface area (Å²) < 4.78 is 10.2. The minimum atomic E-state index is -0.331. The van der Waals surface area contributed by atoms with Gasteiger partial charge in [0.1, 0.15) is 5.58 Å². The smallest absolute Gasteiger partial charge is 0.307 e. The highest BCUT2D eigenvalue weighted by atomic mass is 16.5. The summed E-state index contributed by atoms with van der Waals surface area (Å²) >= 11 is 0. The van der Waals surface area contributed by atoms with Crippen LogP contribution in [-0.4, -0.2) is 25.0 Å². The zero-order valence-corrected chi connectivity index (χ0v) is 13.5. The van der Waals surface area contributed by atoms with Crippen molar-refractivity contribution in [3.8, 4) is 0 Å². The van der Waals surface area contributed by atoms with Crippen molar-refractivity contribution in [1.29, 1.82) is 0 Å². The average molecular weight is 315 g/mol. The number of hydrogen-bond donors (Lipinski definition) is 1. The first-order chi connectivity index (χ1) is 11.1. The third kappa shape index (κ3) is 3.38. The van der Waals surface area contributed by atoms with E-state index in [0.29, 0.717) is 0 Å². The van der Waals surface area contributed by atoms with E-state index in [1.54, 1.807) is 13.2 Å². The molecule has 1 N–H and O–H groups in total. The summed E-state index contributed by atoms with van der Waals surface area (Å²) in [5.41, 5.74) is 4.45. The molecule has 0 radical (unpaired) electrons. The highest BCUT2D eigenvalue weighted by molar-refractivity contribution is 5.89. The molecule has 0 saturated heterocycles. The topological polar surface area (TPSA) is 68.5 Å². The van der Waals surface area contributed by atoms with Gasteiger partial charge in [0.15, 0.2) is 0 Å². The lowest BCUT2D eigenvalue weighted by atomic mass is 10.0. The van der Waals surface area contributed by atoms with E-state index in [1.807, 2.05) is 0 Å². The number of amides is 1. The molecular weight excluding hydrogens is 294 g/mol. The standard InChI is InChI=1S/C18H21NO4/c1-11(6-18(21)22-2)19-17(20)9-14-10-23-16-8-13-5-3-4-12(13)7-15(14)16/h7-8,10-11H,3-6,9H2,1-2H3,(H,19,20). The molecule has 2 aromatic rings. The van der Waals surface area contributed by atoms with Crippen molar-refractivity contribution in [3.63, 3.8) is 0 Å². The summed E-state index contributed by atoms with van der Waals surface area (Å²) in [5, 5.41) is 3.83. The normalized spacial score (nSPS) is 14.5. The molecular formula is C18H21NO4. The van der Waals surface area contributed by atoms with Crippen LogP contribution in [0.3, 0.4) is 0 Å². The molecule has 0 fully saturated rings. The zero-order chi connectivity index (χ0) is 16.4. The van der Waals surface area contributed by atoms with Crippen molar-refractivity contribution in [3.05, 3.63) is 35.1 Å². The Hall–Kier alpha value is -2.30. The van der Waals surface area contributed by atoms with Gasteiger partial charge in [0, 0.05) is 17.0 Å². The van der Waals surface area contributed by atoms with Gasteiger partial charge in [0.2, 0.25) is 5.91 Å². The summed E-state index contributed by atoms with van der Waals surface area (Å²) in [4.78, 5) is 23.4. The maximum atomic E-state index is 12.2. The van der Waals surface area contributed by atoms with E-state index in [0.717, 1.165) is 29.4 Å². The first-order valence-corrected chi connectivity index (χ1v) is 7.95. The number of rotatable bonds is 5. The highest BCUT2D eigenvalue weighted by Gasteiger charge is 2.18. The Bertz CT molecular complexity index is 747. The van der Waals surface area contributed by atoms with Crippen LogP contribution in [0.15, 0.2) is 22.8 Å². The molecule has 1 aliphatic rings. The largest absolute Gasteiger partial charge is 0.469 e. The molecule has 1 atom stereocenters. The predicted molar refractivity (Wildman–Crippen MR) is 86.2 cm³/mol. The molecule has 1 aromatic heterocycles. The Kier molecular flexibility index (Phi) is 4.37. The Morgan fingerprint density at radius 1 is 1.30 bits per heavy atom. The van der Waals surface area contributed by atoms with E-state index in [9.17, 15) is 9.59 Å². The highest BCUT2D eigenvalue weighted by Crippen LogP contribution is 2.30. The first kappa shape index (κ1) is 15.6. The van der Waals surface area contributed by atoms with Crippen LogP contribution >= 0.6 is 0 Å². The summed E-state index contributed by atoms with van der Waals surface area (Å²) in [7, 11) is 1.34. The van der Waals surface area contributed by atoms with Crippen molar-refractivity contribution in [2.24, 2.45) is 0 Å². The quantitative estimate of drug-likeness (QED) is 0.861. The van der Waals surface area contributed by atoms with Gasteiger partial charge in [-0.25, -0.2) is 0 Å². The zero-order valence-electron chi connectivity index (χ0n) is 13.5. The number of aryl methyl sites for hydroxylation is 2. The van der Waals surface area contributed by atoms with E-state index in [-0.39, 0.29) is 30.8 Å². The van der Waals surface area contributed by atoms with Crippen LogP contribution in [0.1, 0.15) is 36.5 Å². The maximum Gasteiger partial charge on any atom is 0.307 e. The molecule has 1 amide bonds. The number of benzene rings is 1. The Morgan fingerprint density at radius 3 is 2.78 bits per heavy atom. The Labute approximate surface area is 135 Å². The minimum Gasteiger partial charge on any atom is -0.469 e. The lowest BCUT2D eigenvalue weighted by molar-refractivity contribution is -0.141. The van der Waals surface area contributed by atoms with E-state index in [4.69, 9.17) is 4.42 Å². The van der Waals surface area contributed by atoms with Crippen molar-refractivity contribution in [2.45, 2.75) is 45.1 Å². The number of carbonyl (C=O) groups is 2. The fraction of sp³-hybridized carbons (Fsp3) is 0.444. The molecule has 1 aromatic carbocycles. The number of furan rings is 1. The van der Waals surface area contributed by atoms with Gasteiger partial charge in [0.05, 0.1) is 26.2 Å². The van der Waals surface area contributed by atoms with Crippen molar-refractivity contribution in [1.82, 2.24) is 5.32 Å². The number of fused-ring (bicyclic) bond motifs is 2. The van der Waals surface area contributed by atoms with Crippen LogP contribution in [0, 0.1) is 0 Å². The van der Waals surface area contributed by atoms with E-state index < -0.39 is 0 Å². The van der Waals surface area contributed by atoms with Crippen LogP contribution < -0.4 is 5.32 Å². The number of hydrogen-bond acceptors (Lipinski definition) is 4. The van der Waals surface area contributed by atoms with Gasteiger partial charge < -0.3 is 14.5 Å². The van der Waals surface area contributed by atoms with Gasteiger partial charge in [0.25, 0.3) is 0 Å². The lowest BCUT2D eigenvalue weighted by Crippen LogP contribution is -2.35. The van der Waals surface area contributed by atoms with E-state index >= 15 is 0 Å². The first-order valence-electron chi connectivity index (χ1n) is 7.95. The molecule has 0 saturated carbocycles. The van der Waals surface area contributed by atoms with Crippen LogP contribution in [0.2, 0.25) is 0 Å². The molecule has 0 aliphatic heterocycles. The Morgan fingerprint density at radius 2 is 2.04 bits per heavy atom. The van der Waals surface area contributed by atoms with Crippen LogP contribution in [0.5, 0.6) is 0 Å². The molecule has 1 heterocycles. The van der Waals surface area contributed by atoms with Gasteiger partial charge in [-0.2, -0.15) is 0 Å². The average Bonchev–Trinajstić information content (AvgIpc) is 3.11. The number of esters is 1. The van der Waals surface area contributed by atoms with Gasteiger partial charge >= 0.3 is 5.97 Å². The third-order valence-corrected chi connectivity index (χ3v) is 4.33. The summed E-state index contributed by atoms with van der Waals surface area (Å²) in [6.07, 6.45) is 5.46. The van der Waals surface area contributed by atoms with Crippen LogP contribution in [0.25, 0.3) is 11.0 Å². The van der Waals surface area contributed by atoms with Crippen molar-refractivity contribution < 1.29 is 18.7 Å². The molecule has 0 spiro atoms. The van der Waals surface area contributed by atoms with Crippen LogP contribution in [0.4, 0.5) is 0 Å². The van der Waals surface area contributed by atoms with Crippen molar-refractivity contribution in [2.75, 3.05) is 7.11 Å². The molecule has 0 bridgehead atoms. The second-order valence-corrected chi connectivity index (χ2v) is 6.16.